The lowest BCUT2D eigenvalue weighted by atomic mass is 9.98. The second-order valence-corrected chi connectivity index (χ2v) is 8.56. The van der Waals surface area contributed by atoms with Crippen LogP contribution in [0.3, 0.4) is 0 Å². The molecule has 0 atom stereocenters. The maximum absolute atomic E-state index is 12.3. The van der Waals surface area contributed by atoms with Crippen molar-refractivity contribution in [3.05, 3.63) is 33.4 Å². The van der Waals surface area contributed by atoms with Gasteiger partial charge in [0, 0.05) is 19.2 Å². The lowest BCUT2D eigenvalue weighted by molar-refractivity contribution is -0.385. The van der Waals surface area contributed by atoms with Crippen LogP contribution in [0.15, 0.2) is 12.1 Å². The summed E-state index contributed by atoms with van der Waals surface area (Å²) < 4.78 is 15.5. The van der Waals surface area contributed by atoms with Gasteiger partial charge in [0.15, 0.2) is 0 Å². The summed E-state index contributed by atoms with van der Waals surface area (Å²) in [6, 6.07) is 2.79. The summed E-state index contributed by atoms with van der Waals surface area (Å²) in [6.45, 7) is 10.9. The van der Waals surface area contributed by atoms with E-state index in [0.717, 1.165) is 5.56 Å². The summed E-state index contributed by atoms with van der Waals surface area (Å²) >= 11 is 0. The van der Waals surface area contributed by atoms with Crippen molar-refractivity contribution in [1.29, 1.82) is 0 Å². The molecule has 0 N–H and O–H groups in total. The standard InChI is InChI=1S/C19H26N2O7/c1-18(2,3)27-16(22)20-8-7-12-10-15(26-17(23)28-19(4,5)6)14(21(24)25)9-13(12)11-20/h9-10H,7-8,11H2,1-6H3. The molecule has 1 aliphatic rings. The largest absolute Gasteiger partial charge is 0.514 e. The first-order valence-electron chi connectivity index (χ1n) is 8.94. The molecule has 1 amide bonds. The third-order valence-electron chi connectivity index (χ3n) is 3.72. The molecule has 28 heavy (non-hydrogen) atoms. The zero-order valence-corrected chi connectivity index (χ0v) is 17.0. The molecule has 0 bridgehead atoms. The van der Waals surface area contributed by atoms with Gasteiger partial charge < -0.3 is 19.1 Å². The van der Waals surface area contributed by atoms with E-state index in [1.54, 1.807) is 41.5 Å². The van der Waals surface area contributed by atoms with Gasteiger partial charge in [-0.25, -0.2) is 9.59 Å². The van der Waals surface area contributed by atoms with Crippen molar-refractivity contribution in [2.24, 2.45) is 0 Å². The molecule has 0 aromatic heterocycles. The number of nitro groups is 1. The van der Waals surface area contributed by atoms with Gasteiger partial charge in [-0.1, -0.05) is 0 Å². The van der Waals surface area contributed by atoms with Crippen LogP contribution in [-0.2, 0) is 22.4 Å². The average molecular weight is 394 g/mol. The van der Waals surface area contributed by atoms with Gasteiger partial charge in [-0.3, -0.25) is 10.1 Å². The molecule has 0 saturated heterocycles. The molecular formula is C19H26N2O7. The maximum atomic E-state index is 12.3. The molecule has 0 spiro atoms. The number of rotatable bonds is 2. The third kappa shape index (κ3) is 5.83. The highest BCUT2D eigenvalue weighted by Gasteiger charge is 2.30. The predicted molar refractivity (Wildman–Crippen MR) is 100 cm³/mol. The van der Waals surface area contributed by atoms with Crippen molar-refractivity contribution in [3.8, 4) is 5.75 Å². The molecule has 9 heteroatoms. The molecule has 0 fully saturated rings. The number of hydrogen-bond acceptors (Lipinski definition) is 7. The van der Waals surface area contributed by atoms with E-state index in [1.807, 2.05) is 0 Å². The predicted octanol–water partition coefficient (Wildman–Crippen LogP) is 4.20. The fourth-order valence-electron chi connectivity index (χ4n) is 2.64. The van der Waals surface area contributed by atoms with E-state index in [4.69, 9.17) is 14.2 Å². The summed E-state index contributed by atoms with van der Waals surface area (Å²) in [5, 5.41) is 11.4. The Kier molecular flexibility index (Phi) is 5.86. The van der Waals surface area contributed by atoms with Gasteiger partial charge in [0.05, 0.1) is 4.92 Å². The Hall–Kier alpha value is -2.84. The van der Waals surface area contributed by atoms with Crippen LogP contribution in [0.5, 0.6) is 5.75 Å². The Morgan fingerprint density at radius 2 is 1.64 bits per heavy atom. The quantitative estimate of drug-likeness (QED) is 0.320. The average Bonchev–Trinajstić information content (AvgIpc) is 2.49. The number of carbonyl (C=O) groups is 2. The SMILES string of the molecule is CC(C)(C)OC(=O)Oc1cc2c(cc1[N+](=O)[O-])CN(C(=O)OC(C)(C)C)CC2. The summed E-state index contributed by atoms with van der Waals surface area (Å²) in [6.07, 6.45) is -1.03. The van der Waals surface area contributed by atoms with Crippen LogP contribution >= 0.6 is 0 Å². The fraction of sp³-hybridized carbons (Fsp3) is 0.579. The molecule has 1 aliphatic heterocycles. The first-order valence-corrected chi connectivity index (χ1v) is 8.94. The number of benzene rings is 1. The molecule has 0 radical (unpaired) electrons. The second kappa shape index (κ2) is 7.65. The highest BCUT2D eigenvalue weighted by atomic mass is 16.7. The molecule has 9 nitrogen and oxygen atoms in total. The van der Waals surface area contributed by atoms with Crippen LogP contribution in [-0.4, -0.2) is 39.8 Å². The number of hydrogen-bond donors (Lipinski definition) is 0. The Balaban J connectivity index is 2.25. The van der Waals surface area contributed by atoms with Crippen molar-refractivity contribution < 1.29 is 28.7 Å². The van der Waals surface area contributed by atoms with Crippen LogP contribution in [0, 0.1) is 10.1 Å². The van der Waals surface area contributed by atoms with Gasteiger partial charge in [-0.15, -0.1) is 0 Å². The van der Waals surface area contributed by atoms with Crippen LogP contribution in [0.4, 0.5) is 15.3 Å². The fourth-order valence-corrected chi connectivity index (χ4v) is 2.64. The third-order valence-corrected chi connectivity index (χ3v) is 3.72. The van der Waals surface area contributed by atoms with Gasteiger partial charge in [0.2, 0.25) is 5.75 Å². The zero-order valence-electron chi connectivity index (χ0n) is 17.0. The Morgan fingerprint density at radius 3 is 2.18 bits per heavy atom. The molecule has 0 aliphatic carbocycles. The number of nitro benzene ring substituents is 1. The number of ether oxygens (including phenoxy) is 3. The number of carbonyl (C=O) groups excluding carboxylic acids is 2. The van der Waals surface area contributed by atoms with Crippen LogP contribution in [0.25, 0.3) is 0 Å². The molecule has 1 aromatic carbocycles. The highest BCUT2D eigenvalue weighted by Crippen LogP contribution is 2.34. The lowest BCUT2D eigenvalue weighted by Gasteiger charge is -2.31. The lowest BCUT2D eigenvalue weighted by Crippen LogP contribution is -2.39. The molecule has 0 unspecified atom stereocenters. The van der Waals surface area contributed by atoms with Gasteiger partial charge in [-0.2, -0.15) is 0 Å². The normalized spacial score (nSPS) is 14.1. The minimum Gasteiger partial charge on any atom is -0.444 e. The Bertz CT molecular complexity index is 791. The van der Waals surface area contributed by atoms with Crippen molar-refractivity contribution in [2.75, 3.05) is 6.54 Å². The first-order chi connectivity index (χ1) is 12.7. The molecule has 2 rings (SSSR count). The topological polar surface area (TPSA) is 108 Å². The van der Waals surface area contributed by atoms with Crippen molar-refractivity contribution >= 4 is 17.9 Å². The molecule has 0 saturated carbocycles. The maximum Gasteiger partial charge on any atom is 0.514 e. The molecule has 154 valence electrons. The van der Waals surface area contributed by atoms with Gasteiger partial charge in [0.25, 0.3) is 0 Å². The molecular weight excluding hydrogens is 368 g/mol. The molecule has 1 heterocycles. The van der Waals surface area contributed by atoms with E-state index in [-0.39, 0.29) is 18.0 Å². The van der Waals surface area contributed by atoms with Gasteiger partial charge in [-0.05, 0) is 65.2 Å². The minimum atomic E-state index is -1.01. The van der Waals surface area contributed by atoms with Crippen LogP contribution in [0.2, 0.25) is 0 Å². The van der Waals surface area contributed by atoms with Crippen molar-refractivity contribution in [1.82, 2.24) is 4.90 Å². The van der Waals surface area contributed by atoms with Crippen molar-refractivity contribution in [2.45, 2.75) is 65.7 Å². The van der Waals surface area contributed by atoms with Crippen LogP contribution in [0.1, 0.15) is 52.7 Å². The van der Waals surface area contributed by atoms with Gasteiger partial charge >= 0.3 is 17.9 Å². The molecule has 1 aromatic rings. The van der Waals surface area contributed by atoms with E-state index in [1.165, 1.54) is 17.0 Å². The van der Waals surface area contributed by atoms with E-state index in [2.05, 4.69) is 0 Å². The first kappa shape index (κ1) is 21.5. The van der Waals surface area contributed by atoms with Gasteiger partial charge in [0.1, 0.15) is 11.2 Å². The van der Waals surface area contributed by atoms with Crippen LogP contribution < -0.4 is 4.74 Å². The number of amides is 1. The second-order valence-electron chi connectivity index (χ2n) is 8.56. The highest BCUT2D eigenvalue weighted by molar-refractivity contribution is 5.70. The number of fused-ring (bicyclic) bond motifs is 1. The Morgan fingerprint density at radius 1 is 1.04 bits per heavy atom. The smallest absolute Gasteiger partial charge is 0.444 e. The van der Waals surface area contributed by atoms with E-state index < -0.39 is 28.4 Å². The summed E-state index contributed by atoms with van der Waals surface area (Å²) in [7, 11) is 0. The zero-order chi connectivity index (χ0) is 21.3. The van der Waals surface area contributed by atoms with Crippen molar-refractivity contribution in [3.63, 3.8) is 0 Å². The van der Waals surface area contributed by atoms with E-state index in [0.29, 0.717) is 18.5 Å². The summed E-state index contributed by atoms with van der Waals surface area (Å²) in [4.78, 5) is 36.5. The Labute approximate surface area is 163 Å². The van der Waals surface area contributed by atoms with E-state index in [9.17, 15) is 19.7 Å². The summed E-state index contributed by atoms with van der Waals surface area (Å²) in [5.74, 6) is -0.177. The number of nitrogens with zero attached hydrogens (tertiary/aromatic N) is 2. The monoisotopic (exact) mass is 394 g/mol. The van der Waals surface area contributed by atoms with E-state index >= 15 is 0 Å². The minimum absolute atomic E-state index is 0.177. The summed E-state index contributed by atoms with van der Waals surface area (Å²) in [5.41, 5.74) is -0.400.